The molecule has 1 aromatic rings. The molecule has 4 nitrogen and oxygen atoms in total. The van der Waals surface area contributed by atoms with Crippen LogP contribution in [0.2, 0.25) is 0 Å². The number of aliphatic hydroxyl groups is 1. The minimum Gasteiger partial charge on any atom is -0.387 e. The van der Waals surface area contributed by atoms with Crippen LogP contribution in [0.15, 0.2) is 29.2 Å². The van der Waals surface area contributed by atoms with E-state index in [1.165, 1.54) is 25.5 Å². The summed E-state index contributed by atoms with van der Waals surface area (Å²) in [4.78, 5) is 2.65. The highest BCUT2D eigenvalue weighted by Gasteiger charge is 2.23. The molecule has 0 spiro atoms. The monoisotopic (exact) mass is 311 g/mol. The van der Waals surface area contributed by atoms with Crippen LogP contribution in [-0.2, 0) is 9.84 Å². The summed E-state index contributed by atoms with van der Waals surface area (Å²) >= 11 is 0. The minimum atomic E-state index is -3.18. The van der Waals surface area contributed by atoms with Crippen LogP contribution < -0.4 is 0 Å². The van der Waals surface area contributed by atoms with Crippen LogP contribution in [0.25, 0.3) is 0 Å². The van der Waals surface area contributed by atoms with E-state index in [9.17, 15) is 13.5 Å². The van der Waals surface area contributed by atoms with Crippen LogP contribution >= 0.6 is 0 Å². The highest BCUT2D eigenvalue weighted by atomic mass is 32.2. The third-order valence-corrected chi connectivity index (χ3v) is 5.45. The molecular formula is C16H25NO3S. The fraction of sp³-hybridized carbons (Fsp3) is 0.625. The van der Waals surface area contributed by atoms with Gasteiger partial charge in [-0.25, -0.2) is 8.42 Å². The second-order valence-corrected chi connectivity index (χ2v) is 7.93. The van der Waals surface area contributed by atoms with Crippen molar-refractivity contribution in [2.24, 2.45) is 0 Å². The van der Waals surface area contributed by atoms with Crippen LogP contribution in [0.5, 0.6) is 0 Å². The Kier molecular flexibility index (Phi) is 5.41. The molecule has 1 saturated heterocycles. The SMILES string of the molecule is CCC1CCCCN1CC(O)c1ccc(S(C)(=O)=O)cc1. The van der Waals surface area contributed by atoms with E-state index in [-0.39, 0.29) is 0 Å². The van der Waals surface area contributed by atoms with E-state index in [0.717, 1.165) is 18.5 Å². The Morgan fingerprint density at radius 1 is 1.29 bits per heavy atom. The Balaban J connectivity index is 2.04. The van der Waals surface area contributed by atoms with Crippen LogP contribution in [0.3, 0.4) is 0 Å². The van der Waals surface area contributed by atoms with Gasteiger partial charge in [0.25, 0.3) is 0 Å². The molecule has 0 saturated carbocycles. The van der Waals surface area contributed by atoms with E-state index >= 15 is 0 Å². The van der Waals surface area contributed by atoms with Crippen LogP contribution in [-0.4, -0.2) is 43.8 Å². The van der Waals surface area contributed by atoms with Gasteiger partial charge in [0, 0.05) is 18.8 Å². The fourth-order valence-corrected chi connectivity index (χ4v) is 3.66. The third kappa shape index (κ3) is 4.28. The first-order chi connectivity index (χ1) is 9.91. The van der Waals surface area contributed by atoms with Gasteiger partial charge in [-0.05, 0) is 43.5 Å². The summed E-state index contributed by atoms with van der Waals surface area (Å²) in [6, 6.07) is 7.13. The lowest BCUT2D eigenvalue weighted by atomic mass is 9.98. The normalized spacial score (nSPS) is 22.1. The van der Waals surface area contributed by atoms with Gasteiger partial charge in [0.05, 0.1) is 11.0 Å². The fourth-order valence-electron chi connectivity index (χ4n) is 3.03. The summed E-state index contributed by atoms with van der Waals surface area (Å²) < 4.78 is 22.9. The largest absolute Gasteiger partial charge is 0.387 e. The lowest BCUT2D eigenvalue weighted by Crippen LogP contribution is -2.41. The molecule has 0 bridgehead atoms. The number of sulfone groups is 1. The number of benzene rings is 1. The van der Waals surface area contributed by atoms with Crippen molar-refractivity contribution < 1.29 is 13.5 Å². The van der Waals surface area contributed by atoms with Crippen LogP contribution in [0.1, 0.15) is 44.3 Å². The molecule has 0 amide bonds. The summed E-state index contributed by atoms with van der Waals surface area (Å²) in [5.74, 6) is 0. The van der Waals surface area contributed by atoms with E-state index in [2.05, 4.69) is 11.8 Å². The molecular weight excluding hydrogens is 286 g/mol. The average Bonchev–Trinajstić information content (AvgIpc) is 2.47. The van der Waals surface area contributed by atoms with E-state index in [4.69, 9.17) is 0 Å². The Morgan fingerprint density at radius 2 is 1.95 bits per heavy atom. The zero-order valence-corrected chi connectivity index (χ0v) is 13.6. The number of likely N-dealkylation sites (tertiary alicyclic amines) is 1. The Hall–Kier alpha value is -0.910. The van der Waals surface area contributed by atoms with Gasteiger partial charge in [-0.3, -0.25) is 4.90 Å². The van der Waals surface area contributed by atoms with Crippen molar-refractivity contribution in [2.75, 3.05) is 19.3 Å². The van der Waals surface area contributed by atoms with Gasteiger partial charge in [0.1, 0.15) is 0 Å². The molecule has 0 aliphatic carbocycles. The lowest BCUT2D eigenvalue weighted by Gasteiger charge is -2.36. The van der Waals surface area contributed by atoms with Crippen molar-refractivity contribution >= 4 is 9.84 Å². The Bertz CT molecular complexity index is 553. The molecule has 2 rings (SSSR count). The van der Waals surface area contributed by atoms with Crippen LogP contribution in [0, 0.1) is 0 Å². The molecule has 2 atom stereocenters. The maximum Gasteiger partial charge on any atom is 0.175 e. The van der Waals surface area contributed by atoms with Crippen molar-refractivity contribution in [1.29, 1.82) is 0 Å². The molecule has 1 aliphatic heterocycles. The minimum absolute atomic E-state index is 0.294. The van der Waals surface area contributed by atoms with E-state index < -0.39 is 15.9 Å². The molecule has 1 heterocycles. The summed E-state index contributed by atoms with van der Waals surface area (Å²) in [5, 5.41) is 10.4. The first-order valence-electron chi connectivity index (χ1n) is 7.64. The Morgan fingerprint density at radius 3 is 2.52 bits per heavy atom. The van der Waals surface area contributed by atoms with Crippen molar-refractivity contribution in [2.45, 2.75) is 49.6 Å². The van der Waals surface area contributed by atoms with Gasteiger partial charge in [-0.2, -0.15) is 0 Å². The summed E-state index contributed by atoms with van der Waals surface area (Å²) in [6.07, 6.45) is 5.41. The van der Waals surface area contributed by atoms with E-state index in [0.29, 0.717) is 17.5 Å². The topological polar surface area (TPSA) is 57.6 Å². The third-order valence-electron chi connectivity index (χ3n) is 4.32. The molecule has 5 heteroatoms. The van der Waals surface area contributed by atoms with Gasteiger partial charge in [-0.1, -0.05) is 25.5 Å². The molecule has 1 N–H and O–H groups in total. The number of aliphatic hydroxyl groups excluding tert-OH is 1. The maximum atomic E-state index is 11.4. The van der Waals surface area contributed by atoms with Crippen molar-refractivity contribution in [3.05, 3.63) is 29.8 Å². The first kappa shape index (κ1) is 16.5. The molecule has 0 radical (unpaired) electrons. The summed E-state index contributed by atoms with van der Waals surface area (Å²) in [6.45, 7) is 3.85. The molecule has 0 aromatic heterocycles. The Labute approximate surface area is 127 Å². The highest BCUT2D eigenvalue weighted by Crippen LogP contribution is 2.24. The predicted molar refractivity (Wildman–Crippen MR) is 84.0 cm³/mol. The standard InChI is InChI=1S/C16H25NO3S/c1-3-14-6-4-5-11-17(14)12-16(18)13-7-9-15(10-8-13)21(2,19)20/h7-10,14,16,18H,3-6,11-12H2,1-2H3. The number of β-amino-alcohol motifs (C(OH)–C–C–N with tert-alkyl or cyclic N) is 1. The van der Waals surface area contributed by atoms with Gasteiger partial charge in [0.15, 0.2) is 9.84 Å². The first-order valence-corrected chi connectivity index (χ1v) is 9.53. The van der Waals surface area contributed by atoms with Crippen molar-refractivity contribution in [3.63, 3.8) is 0 Å². The smallest absolute Gasteiger partial charge is 0.175 e. The quantitative estimate of drug-likeness (QED) is 0.907. The molecule has 118 valence electrons. The predicted octanol–water partition coefficient (Wildman–Crippen LogP) is 2.39. The summed E-state index contributed by atoms with van der Waals surface area (Å²) in [7, 11) is -3.18. The maximum absolute atomic E-state index is 11.4. The van der Waals surface area contributed by atoms with Crippen LogP contribution in [0.4, 0.5) is 0 Å². The van der Waals surface area contributed by atoms with Crippen molar-refractivity contribution in [1.82, 2.24) is 4.90 Å². The highest BCUT2D eigenvalue weighted by molar-refractivity contribution is 7.90. The number of nitrogens with zero attached hydrogens (tertiary/aromatic N) is 1. The van der Waals surface area contributed by atoms with Gasteiger partial charge >= 0.3 is 0 Å². The summed E-state index contributed by atoms with van der Waals surface area (Å²) in [5.41, 5.74) is 0.780. The van der Waals surface area contributed by atoms with Gasteiger partial charge < -0.3 is 5.11 Å². The van der Waals surface area contributed by atoms with Gasteiger partial charge in [0.2, 0.25) is 0 Å². The lowest BCUT2D eigenvalue weighted by molar-refractivity contribution is 0.0656. The van der Waals surface area contributed by atoms with E-state index in [1.807, 2.05) is 0 Å². The molecule has 1 fully saturated rings. The zero-order valence-electron chi connectivity index (χ0n) is 12.8. The number of hydrogen-bond acceptors (Lipinski definition) is 4. The second-order valence-electron chi connectivity index (χ2n) is 5.91. The average molecular weight is 311 g/mol. The number of piperidine rings is 1. The van der Waals surface area contributed by atoms with Crippen molar-refractivity contribution in [3.8, 4) is 0 Å². The second kappa shape index (κ2) is 6.90. The zero-order chi connectivity index (χ0) is 15.5. The number of rotatable bonds is 5. The number of hydrogen-bond donors (Lipinski definition) is 1. The molecule has 1 aliphatic rings. The van der Waals surface area contributed by atoms with E-state index in [1.54, 1.807) is 24.3 Å². The molecule has 1 aromatic carbocycles. The molecule has 21 heavy (non-hydrogen) atoms. The van der Waals surface area contributed by atoms with Gasteiger partial charge in [-0.15, -0.1) is 0 Å². The molecule has 2 unspecified atom stereocenters.